The first kappa shape index (κ1) is 12.3. The molecule has 0 saturated carbocycles. The highest BCUT2D eigenvalue weighted by Crippen LogP contribution is 2.46. The first-order valence-electron chi connectivity index (χ1n) is 6.86. The molecule has 2 aliphatic carbocycles. The number of fused-ring (bicyclic) bond motifs is 2. The monoisotopic (exact) mass is 331 g/mol. The predicted molar refractivity (Wildman–Crippen MR) is 77.9 cm³/mol. The standard InChI is InChI=1S/C16H14BrNO2/c1-9-18-13-4-5-16(8-14(13)20-9)7-10-2-3-11(17)6-12(10)15(16)19/h2-3,6H,4-5,7-8H2,1H3. The molecule has 0 saturated heterocycles. The van der Waals surface area contributed by atoms with Crippen LogP contribution in [0.5, 0.6) is 0 Å². The fourth-order valence-corrected chi connectivity index (χ4v) is 3.95. The smallest absolute Gasteiger partial charge is 0.191 e. The molecule has 0 fully saturated rings. The van der Waals surface area contributed by atoms with Crippen molar-refractivity contribution in [3.05, 3.63) is 51.1 Å². The van der Waals surface area contributed by atoms with Crippen LogP contribution in [-0.2, 0) is 19.3 Å². The number of hydrogen-bond donors (Lipinski definition) is 0. The number of oxazole rings is 1. The summed E-state index contributed by atoms with van der Waals surface area (Å²) in [7, 11) is 0. The second-order valence-corrected chi connectivity index (χ2v) is 6.78. The van der Waals surface area contributed by atoms with E-state index in [1.807, 2.05) is 19.1 Å². The van der Waals surface area contributed by atoms with Gasteiger partial charge >= 0.3 is 0 Å². The Morgan fingerprint density at radius 1 is 1.35 bits per heavy atom. The number of benzene rings is 1. The Morgan fingerprint density at radius 2 is 2.20 bits per heavy atom. The molecule has 1 atom stereocenters. The number of nitrogens with zero attached hydrogens (tertiary/aromatic N) is 1. The molecule has 20 heavy (non-hydrogen) atoms. The van der Waals surface area contributed by atoms with Gasteiger partial charge in [0.2, 0.25) is 0 Å². The summed E-state index contributed by atoms with van der Waals surface area (Å²) in [5.41, 5.74) is 2.78. The molecule has 4 heteroatoms. The number of Topliss-reactive ketones (excluding diaryl/α,β-unsaturated/α-hetero) is 1. The van der Waals surface area contributed by atoms with E-state index in [-0.39, 0.29) is 11.2 Å². The van der Waals surface area contributed by atoms with E-state index >= 15 is 0 Å². The molecule has 102 valence electrons. The average Bonchev–Trinajstić information content (AvgIpc) is 2.90. The average molecular weight is 332 g/mol. The third kappa shape index (κ3) is 1.64. The van der Waals surface area contributed by atoms with Crippen molar-refractivity contribution in [2.45, 2.75) is 32.6 Å². The summed E-state index contributed by atoms with van der Waals surface area (Å²) >= 11 is 3.45. The number of carbonyl (C=O) groups is 1. The first-order chi connectivity index (χ1) is 9.57. The van der Waals surface area contributed by atoms with Crippen LogP contribution in [0.4, 0.5) is 0 Å². The van der Waals surface area contributed by atoms with Gasteiger partial charge < -0.3 is 4.42 Å². The summed E-state index contributed by atoms with van der Waals surface area (Å²) in [6.07, 6.45) is 3.23. The summed E-state index contributed by atoms with van der Waals surface area (Å²) in [5, 5.41) is 0. The van der Waals surface area contributed by atoms with Crippen LogP contribution < -0.4 is 0 Å². The zero-order valence-electron chi connectivity index (χ0n) is 11.2. The van der Waals surface area contributed by atoms with E-state index < -0.39 is 0 Å². The molecule has 0 N–H and O–H groups in total. The molecule has 1 aromatic carbocycles. The van der Waals surface area contributed by atoms with Crippen molar-refractivity contribution in [2.75, 3.05) is 0 Å². The van der Waals surface area contributed by atoms with E-state index in [1.165, 1.54) is 0 Å². The fraction of sp³-hybridized carbons (Fsp3) is 0.375. The highest BCUT2D eigenvalue weighted by Gasteiger charge is 2.48. The number of hydrogen-bond acceptors (Lipinski definition) is 3. The minimum Gasteiger partial charge on any atom is -0.446 e. The predicted octanol–water partition coefficient (Wildman–Crippen LogP) is 3.66. The number of halogens is 1. The Morgan fingerprint density at radius 3 is 3.05 bits per heavy atom. The van der Waals surface area contributed by atoms with Crippen molar-refractivity contribution < 1.29 is 9.21 Å². The van der Waals surface area contributed by atoms with Crippen LogP contribution in [0.15, 0.2) is 27.1 Å². The highest BCUT2D eigenvalue weighted by atomic mass is 79.9. The van der Waals surface area contributed by atoms with E-state index in [0.717, 1.165) is 46.3 Å². The van der Waals surface area contributed by atoms with Crippen LogP contribution in [0.1, 0.15) is 39.7 Å². The SMILES string of the molecule is Cc1nc2c(o1)CC1(CC2)Cc2ccc(Br)cc2C1=O. The molecule has 0 radical (unpaired) electrons. The van der Waals surface area contributed by atoms with Crippen molar-refractivity contribution in [1.29, 1.82) is 0 Å². The topological polar surface area (TPSA) is 43.1 Å². The lowest BCUT2D eigenvalue weighted by Crippen LogP contribution is -2.34. The number of carbonyl (C=O) groups excluding carboxylic acids is 1. The van der Waals surface area contributed by atoms with Crippen molar-refractivity contribution in [3.63, 3.8) is 0 Å². The highest BCUT2D eigenvalue weighted by molar-refractivity contribution is 9.10. The zero-order valence-corrected chi connectivity index (χ0v) is 12.8. The van der Waals surface area contributed by atoms with Gasteiger partial charge in [-0.3, -0.25) is 4.79 Å². The Balaban J connectivity index is 1.76. The maximum atomic E-state index is 12.9. The van der Waals surface area contributed by atoms with Crippen molar-refractivity contribution in [1.82, 2.24) is 4.98 Å². The first-order valence-corrected chi connectivity index (χ1v) is 7.65. The Bertz CT molecular complexity index is 734. The van der Waals surface area contributed by atoms with E-state index in [1.54, 1.807) is 0 Å². The number of aryl methyl sites for hydroxylation is 2. The van der Waals surface area contributed by atoms with Gasteiger partial charge in [0.05, 0.1) is 5.69 Å². The van der Waals surface area contributed by atoms with E-state index in [4.69, 9.17) is 4.42 Å². The molecule has 0 amide bonds. The van der Waals surface area contributed by atoms with Crippen LogP contribution in [0.25, 0.3) is 0 Å². The van der Waals surface area contributed by atoms with Crippen molar-refractivity contribution >= 4 is 21.7 Å². The van der Waals surface area contributed by atoms with E-state index in [0.29, 0.717) is 12.3 Å². The van der Waals surface area contributed by atoms with Crippen LogP contribution >= 0.6 is 15.9 Å². The lowest BCUT2D eigenvalue weighted by atomic mass is 9.72. The molecule has 4 rings (SSSR count). The van der Waals surface area contributed by atoms with Gasteiger partial charge in [-0.2, -0.15) is 0 Å². The number of ketones is 1. The van der Waals surface area contributed by atoms with Crippen LogP contribution in [-0.4, -0.2) is 10.8 Å². The van der Waals surface area contributed by atoms with E-state index in [9.17, 15) is 4.79 Å². The molecule has 1 unspecified atom stereocenters. The van der Waals surface area contributed by atoms with Gasteiger partial charge in [-0.25, -0.2) is 4.98 Å². The third-order valence-electron chi connectivity index (χ3n) is 4.55. The molecular formula is C16H14BrNO2. The van der Waals surface area contributed by atoms with Gasteiger partial charge in [0.1, 0.15) is 5.76 Å². The van der Waals surface area contributed by atoms with Crippen molar-refractivity contribution in [2.24, 2.45) is 5.41 Å². The van der Waals surface area contributed by atoms with Crippen LogP contribution in [0.3, 0.4) is 0 Å². The summed E-state index contributed by atoms with van der Waals surface area (Å²) in [6.45, 7) is 1.87. The molecule has 1 heterocycles. The quantitative estimate of drug-likeness (QED) is 0.739. The second-order valence-electron chi connectivity index (χ2n) is 5.87. The molecule has 2 aliphatic rings. The van der Waals surface area contributed by atoms with Crippen molar-refractivity contribution in [3.8, 4) is 0 Å². The molecule has 0 bridgehead atoms. The Hall–Kier alpha value is -1.42. The normalized spacial score (nSPS) is 24.0. The number of rotatable bonds is 0. The maximum absolute atomic E-state index is 12.9. The molecule has 1 spiro atoms. The van der Waals surface area contributed by atoms with Gasteiger partial charge in [0, 0.05) is 28.8 Å². The van der Waals surface area contributed by atoms with Gasteiger partial charge in [0.25, 0.3) is 0 Å². The fourth-order valence-electron chi connectivity index (χ4n) is 3.59. The molecular weight excluding hydrogens is 318 g/mol. The largest absolute Gasteiger partial charge is 0.446 e. The molecule has 2 aromatic rings. The summed E-state index contributed by atoms with van der Waals surface area (Å²) in [6, 6.07) is 6.03. The summed E-state index contributed by atoms with van der Waals surface area (Å²) < 4.78 is 6.66. The van der Waals surface area contributed by atoms with Gasteiger partial charge in [-0.15, -0.1) is 0 Å². The molecule has 0 aliphatic heterocycles. The molecule has 3 nitrogen and oxygen atoms in total. The lowest BCUT2D eigenvalue weighted by Gasteiger charge is -2.29. The number of aromatic nitrogens is 1. The second kappa shape index (κ2) is 4.04. The Labute approximate surface area is 125 Å². The van der Waals surface area contributed by atoms with Crippen LogP contribution in [0.2, 0.25) is 0 Å². The van der Waals surface area contributed by atoms with Gasteiger partial charge in [0.15, 0.2) is 11.7 Å². The van der Waals surface area contributed by atoms with Gasteiger partial charge in [-0.05, 0) is 37.0 Å². The Kier molecular flexibility index (Phi) is 2.49. The van der Waals surface area contributed by atoms with Gasteiger partial charge in [-0.1, -0.05) is 22.0 Å². The minimum atomic E-state index is -0.303. The maximum Gasteiger partial charge on any atom is 0.191 e. The van der Waals surface area contributed by atoms with E-state index in [2.05, 4.69) is 27.0 Å². The summed E-state index contributed by atoms with van der Waals surface area (Å²) in [4.78, 5) is 17.3. The summed E-state index contributed by atoms with van der Waals surface area (Å²) in [5.74, 6) is 1.89. The molecule has 1 aromatic heterocycles. The lowest BCUT2D eigenvalue weighted by molar-refractivity contribution is 0.0781. The zero-order chi connectivity index (χ0) is 13.9. The van der Waals surface area contributed by atoms with Crippen LogP contribution in [0, 0.1) is 12.3 Å². The minimum absolute atomic E-state index is 0.272. The third-order valence-corrected chi connectivity index (χ3v) is 5.04.